The van der Waals surface area contributed by atoms with Gasteiger partial charge >= 0.3 is 0 Å². The lowest BCUT2D eigenvalue weighted by Crippen LogP contribution is -2.45. The third-order valence-electron chi connectivity index (χ3n) is 3.67. The molecule has 0 bridgehead atoms. The highest BCUT2D eigenvalue weighted by molar-refractivity contribution is 5.10. The second-order valence-corrected chi connectivity index (χ2v) is 4.92. The normalized spacial score (nSPS) is 29.5. The molecule has 1 aromatic heterocycles. The lowest BCUT2D eigenvalue weighted by atomic mass is 9.72. The van der Waals surface area contributed by atoms with Crippen molar-refractivity contribution >= 4 is 0 Å². The summed E-state index contributed by atoms with van der Waals surface area (Å²) < 4.78 is 10.6. The summed E-state index contributed by atoms with van der Waals surface area (Å²) in [6.07, 6.45) is 4.41. The number of ether oxygens (including phenoxy) is 1. The SMILES string of the molecule is CCOCc1noc(C2(C)CCCCC2N)n1. The van der Waals surface area contributed by atoms with Crippen molar-refractivity contribution in [3.63, 3.8) is 0 Å². The standard InChI is InChI=1S/C12H21N3O2/c1-3-16-8-10-14-11(17-15-10)12(2)7-5-4-6-9(12)13/h9H,3-8,13H2,1-2H3. The van der Waals surface area contributed by atoms with Crippen LogP contribution in [0.15, 0.2) is 4.52 Å². The van der Waals surface area contributed by atoms with Gasteiger partial charge < -0.3 is 15.0 Å². The van der Waals surface area contributed by atoms with E-state index in [0.29, 0.717) is 24.9 Å². The molecule has 0 spiro atoms. The molecule has 2 atom stereocenters. The fourth-order valence-corrected chi connectivity index (χ4v) is 2.36. The van der Waals surface area contributed by atoms with E-state index in [0.717, 1.165) is 12.8 Å². The summed E-state index contributed by atoms with van der Waals surface area (Å²) in [4.78, 5) is 4.41. The minimum atomic E-state index is -0.171. The van der Waals surface area contributed by atoms with Gasteiger partial charge in [-0.15, -0.1) is 0 Å². The number of hydrogen-bond acceptors (Lipinski definition) is 5. The van der Waals surface area contributed by atoms with Gasteiger partial charge in [0.15, 0.2) is 5.82 Å². The van der Waals surface area contributed by atoms with Gasteiger partial charge in [-0.05, 0) is 26.7 Å². The minimum absolute atomic E-state index is 0.108. The average molecular weight is 239 g/mol. The van der Waals surface area contributed by atoms with Gasteiger partial charge in [0.05, 0.1) is 5.41 Å². The first-order chi connectivity index (χ1) is 8.16. The molecule has 2 rings (SSSR count). The molecule has 17 heavy (non-hydrogen) atoms. The summed E-state index contributed by atoms with van der Waals surface area (Å²) in [5.41, 5.74) is 6.02. The molecule has 1 aliphatic rings. The van der Waals surface area contributed by atoms with Crippen LogP contribution in [0.5, 0.6) is 0 Å². The molecule has 5 heteroatoms. The predicted molar refractivity (Wildman–Crippen MR) is 63.4 cm³/mol. The largest absolute Gasteiger partial charge is 0.374 e. The molecule has 2 N–H and O–H groups in total. The van der Waals surface area contributed by atoms with E-state index in [9.17, 15) is 0 Å². The van der Waals surface area contributed by atoms with E-state index >= 15 is 0 Å². The number of nitrogens with zero attached hydrogens (tertiary/aromatic N) is 2. The number of hydrogen-bond donors (Lipinski definition) is 1. The van der Waals surface area contributed by atoms with Crippen molar-refractivity contribution in [1.29, 1.82) is 0 Å². The average Bonchev–Trinajstić information content (AvgIpc) is 2.80. The Labute approximate surface area is 102 Å². The minimum Gasteiger partial charge on any atom is -0.374 e. The van der Waals surface area contributed by atoms with Crippen LogP contribution in [0, 0.1) is 0 Å². The molecule has 0 radical (unpaired) electrons. The number of nitrogens with two attached hydrogens (primary N) is 1. The highest BCUT2D eigenvalue weighted by Crippen LogP contribution is 2.37. The summed E-state index contributed by atoms with van der Waals surface area (Å²) >= 11 is 0. The van der Waals surface area contributed by atoms with Crippen molar-refractivity contribution in [1.82, 2.24) is 10.1 Å². The van der Waals surface area contributed by atoms with Crippen LogP contribution >= 0.6 is 0 Å². The Hall–Kier alpha value is -0.940. The molecule has 0 aromatic carbocycles. The maximum atomic E-state index is 6.20. The van der Waals surface area contributed by atoms with Gasteiger partial charge in [0.25, 0.3) is 0 Å². The van der Waals surface area contributed by atoms with Gasteiger partial charge in [0.1, 0.15) is 6.61 Å². The van der Waals surface area contributed by atoms with E-state index in [2.05, 4.69) is 17.1 Å². The van der Waals surface area contributed by atoms with Crippen LogP contribution < -0.4 is 5.73 Å². The summed E-state index contributed by atoms with van der Waals surface area (Å²) in [7, 11) is 0. The molecule has 1 heterocycles. The van der Waals surface area contributed by atoms with Crippen molar-refractivity contribution in [2.24, 2.45) is 5.73 Å². The van der Waals surface area contributed by atoms with Crippen LogP contribution in [-0.2, 0) is 16.8 Å². The molecule has 0 amide bonds. The Balaban J connectivity index is 2.12. The van der Waals surface area contributed by atoms with Gasteiger partial charge in [0, 0.05) is 12.6 Å². The van der Waals surface area contributed by atoms with Gasteiger partial charge in [-0.2, -0.15) is 4.98 Å². The Bertz CT molecular complexity index is 366. The lowest BCUT2D eigenvalue weighted by Gasteiger charge is -2.35. The van der Waals surface area contributed by atoms with Crippen molar-refractivity contribution < 1.29 is 9.26 Å². The summed E-state index contributed by atoms with van der Waals surface area (Å²) in [5.74, 6) is 1.28. The molecule has 1 aliphatic carbocycles. The maximum absolute atomic E-state index is 6.20. The van der Waals surface area contributed by atoms with Crippen LogP contribution in [0.3, 0.4) is 0 Å². The molecule has 1 fully saturated rings. The highest BCUT2D eigenvalue weighted by atomic mass is 16.5. The van der Waals surface area contributed by atoms with Gasteiger partial charge in [0.2, 0.25) is 5.89 Å². The Morgan fingerprint density at radius 3 is 3.06 bits per heavy atom. The zero-order valence-electron chi connectivity index (χ0n) is 10.6. The summed E-state index contributed by atoms with van der Waals surface area (Å²) in [6.45, 7) is 5.13. The Morgan fingerprint density at radius 2 is 2.35 bits per heavy atom. The molecular formula is C12H21N3O2. The third kappa shape index (κ3) is 2.50. The molecular weight excluding hydrogens is 218 g/mol. The predicted octanol–water partition coefficient (Wildman–Crippen LogP) is 1.77. The highest BCUT2D eigenvalue weighted by Gasteiger charge is 2.40. The maximum Gasteiger partial charge on any atom is 0.234 e. The van der Waals surface area contributed by atoms with E-state index in [-0.39, 0.29) is 11.5 Å². The number of rotatable bonds is 4. The fraction of sp³-hybridized carbons (Fsp3) is 0.833. The molecule has 0 saturated heterocycles. The molecule has 0 aliphatic heterocycles. The van der Waals surface area contributed by atoms with E-state index in [1.165, 1.54) is 12.8 Å². The van der Waals surface area contributed by atoms with Crippen molar-refractivity contribution in [2.45, 2.75) is 57.6 Å². The fourth-order valence-electron chi connectivity index (χ4n) is 2.36. The molecule has 2 unspecified atom stereocenters. The van der Waals surface area contributed by atoms with Crippen molar-refractivity contribution in [3.05, 3.63) is 11.7 Å². The van der Waals surface area contributed by atoms with E-state index in [1.54, 1.807) is 0 Å². The smallest absolute Gasteiger partial charge is 0.234 e. The zero-order valence-corrected chi connectivity index (χ0v) is 10.6. The molecule has 96 valence electrons. The first-order valence-corrected chi connectivity index (χ1v) is 6.33. The summed E-state index contributed by atoms with van der Waals surface area (Å²) in [5, 5.41) is 3.94. The Morgan fingerprint density at radius 1 is 1.53 bits per heavy atom. The molecule has 5 nitrogen and oxygen atoms in total. The quantitative estimate of drug-likeness (QED) is 0.866. The van der Waals surface area contributed by atoms with Crippen LogP contribution in [0.1, 0.15) is 51.2 Å². The van der Waals surface area contributed by atoms with Crippen molar-refractivity contribution in [2.75, 3.05) is 6.61 Å². The van der Waals surface area contributed by atoms with Gasteiger partial charge in [-0.3, -0.25) is 0 Å². The van der Waals surface area contributed by atoms with E-state index < -0.39 is 0 Å². The topological polar surface area (TPSA) is 74.2 Å². The second kappa shape index (κ2) is 5.14. The second-order valence-electron chi connectivity index (χ2n) is 4.92. The summed E-state index contributed by atoms with van der Waals surface area (Å²) in [6, 6.07) is 0.108. The third-order valence-corrected chi connectivity index (χ3v) is 3.67. The van der Waals surface area contributed by atoms with Crippen LogP contribution in [-0.4, -0.2) is 22.8 Å². The van der Waals surface area contributed by atoms with Gasteiger partial charge in [-0.25, -0.2) is 0 Å². The zero-order chi connectivity index (χ0) is 12.3. The Kier molecular flexibility index (Phi) is 3.79. The van der Waals surface area contributed by atoms with E-state index in [4.69, 9.17) is 15.0 Å². The number of aromatic nitrogens is 2. The van der Waals surface area contributed by atoms with Crippen LogP contribution in [0.25, 0.3) is 0 Å². The van der Waals surface area contributed by atoms with Crippen LogP contribution in [0.2, 0.25) is 0 Å². The monoisotopic (exact) mass is 239 g/mol. The van der Waals surface area contributed by atoms with Crippen molar-refractivity contribution in [3.8, 4) is 0 Å². The molecule has 1 saturated carbocycles. The first-order valence-electron chi connectivity index (χ1n) is 6.33. The van der Waals surface area contributed by atoms with Gasteiger partial charge in [-0.1, -0.05) is 18.0 Å². The van der Waals surface area contributed by atoms with E-state index in [1.807, 2.05) is 6.92 Å². The first kappa shape index (κ1) is 12.5. The van der Waals surface area contributed by atoms with Crippen LogP contribution in [0.4, 0.5) is 0 Å². The lowest BCUT2D eigenvalue weighted by molar-refractivity contribution is 0.126. The molecule has 1 aromatic rings.